The highest BCUT2D eigenvalue weighted by molar-refractivity contribution is 5.77. The van der Waals surface area contributed by atoms with E-state index in [1.807, 2.05) is 0 Å². The maximum atomic E-state index is 10.9. The number of pyridine rings is 1. The fourth-order valence-corrected chi connectivity index (χ4v) is 0.905. The molecule has 0 aliphatic rings. The van der Waals surface area contributed by atoms with Crippen LogP contribution in [0.3, 0.4) is 0 Å². The standard InChI is InChI=1S/C8H11N3O2/c1-5(8(10)13)11-3-2-7(12)6(9)4-11/h2-5H,9H2,1H3,(H2,10,13). The Kier molecular flexibility index (Phi) is 2.36. The summed E-state index contributed by atoms with van der Waals surface area (Å²) in [6.07, 6.45) is 2.88. The largest absolute Gasteiger partial charge is 0.394 e. The zero-order valence-electron chi connectivity index (χ0n) is 7.23. The van der Waals surface area contributed by atoms with Gasteiger partial charge in [-0.15, -0.1) is 0 Å². The van der Waals surface area contributed by atoms with E-state index in [9.17, 15) is 9.59 Å². The molecule has 0 aliphatic heterocycles. The van der Waals surface area contributed by atoms with Crippen molar-refractivity contribution in [2.75, 3.05) is 5.73 Å². The van der Waals surface area contributed by atoms with Gasteiger partial charge in [-0.05, 0) is 6.92 Å². The van der Waals surface area contributed by atoms with E-state index in [-0.39, 0.29) is 11.1 Å². The van der Waals surface area contributed by atoms with Crippen LogP contribution in [0.2, 0.25) is 0 Å². The number of carbonyl (C=O) groups is 1. The zero-order valence-corrected chi connectivity index (χ0v) is 7.23. The van der Waals surface area contributed by atoms with Crippen LogP contribution < -0.4 is 16.9 Å². The van der Waals surface area contributed by atoms with Crippen molar-refractivity contribution in [3.8, 4) is 0 Å². The van der Waals surface area contributed by atoms with Gasteiger partial charge in [-0.3, -0.25) is 9.59 Å². The van der Waals surface area contributed by atoms with Crippen LogP contribution in [0.5, 0.6) is 0 Å². The average molecular weight is 181 g/mol. The fourth-order valence-electron chi connectivity index (χ4n) is 0.905. The van der Waals surface area contributed by atoms with Crippen LogP contribution in [0.25, 0.3) is 0 Å². The van der Waals surface area contributed by atoms with Gasteiger partial charge < -0.3 is 16.0 Å². The number of anilines is 1. The SMILES string of the molecule is CC(C(N)=O)n1ccc(=O)c(N)c1. The molecule has 0 fully saturated rings. The number of hydrogen-bond acceptors (Lipinski definition) is 3. The molecule has 0 saturated heterocycles. The van der Waals surface area contributed by atoms with Gasteiger partial charge in [0, 0.05) is 18.5 Å². The first kappa shape index (κ1) is 9.31. The third-order valence-corrected chi connectivity index (χ3v) is 1.83. The van der Waals surface area contributed by atoms with Crippen molar-refractivity contribution in [3.63, 3.8) is 0 Å². The van der Waals surface area contributed by atoms with Gasteiger partial charge in [0.05, 0.1) is 5.69 Å². The van der Waals surface area contributed by atoms with Gasteiger partial charge in [0.25, 0.3) is 0 Å². The molecule has 1 atom stereocenters. The summed E-state index contributed by atoms with van der Waals surface area (Å²) in [5, 5.41) is 0. The summed E-state index contributed by atoms with van der Waals surface area (Å²) in [7, 11) is 0. The van der Waals surface area contributed by atoms with Crippen molar-refractivity contribution < 1.29 is 4.79 Å². The predicted molar refractivity (Wildman–Crippen MR) is 49.0 cm³/mol. The number of nitrogens with two attached hydrogens (primary N) is 2. The van der Waals surface area contributed by atoms with E-state index in [2.05, 4.69) is 0 Å². The van der Waals surface area contributed by atoms with E-state index >= 15 is 0 Å². The van der Waals surface area contributed by atoms with Crippen LogP contribution in [0, 0.1) is 0 Å². The molecule has 1 heterocycles. The van der Waals surface area contributed by atoms with Crippen LogP contribution in [-0.2, 0) is 4.79 Å². The minimum Gasteiger partial charge on any atom is -0.394 e. The molecule has 4 N–H and O–H groups in total. The summed E-state index contributed by atoms with van der Waals surface area (Å²) in [6.45, 7) is 1.63. The normalized spacial score (nSPS) is 12.4. The second-order valence-corrected chi connectivity index (χ2v) is 2.79. The Morgan fingerprint density at radius 1 is 1.62 bits per heavy atom. The Morgan fingerprint density at radius 2 is 2.23 bits per heavy atom. The van der Waals surface area contributed by atoms with Crippen LogP contribution in [-0.4, -0.2) is 10.5 Å². The molecule has 1 amide bonds. The summed E-state index contributed by atoms with van der Waals surface area (Å²) in [5.74, 6) is -0.469. The Balaban J connectivity index is 3.11. The molecule has 5 heteroatoms. The molecule has 1 unspecified atom stereocenters. The molecule has 0 saturated carbocycles. The van der Waals surface area contributed by atoms with E-state index < -0.39 is 11.9 Å². The fraction of sp³-hybridized carbons (Fsp3) is 0.250. The first-order valence-electron chi connectivity index (χ1n) is 3.79. The number of carbonyl (C=O) groups excluding carboxylic acids is 1. The van der Waals surface area contributed by atoms with Gasteiger partial charge in [0.2, 0.25) is 11.3 Å². The number of aromatic nitrogens is 1. The lowest BCUT2D eigenvalue weighted by Crippen LogP contribution is -2.25. The number of amides is 1. The number of nitrogens with zero attached hydrogens (tertiary/aromatic N) is 1. The number of primary amides is 1. The summed E-state index contributed by atoms with van der Waals surface area (Å²) < 4.78 is 1.50. The molecule has 0 radical (unpaired) electrons. The first-order chi connectivity index (χ1) is 6.02. The molecular formula is C8H11N3O2. The highest BCUT2D eigenvalue weighted by atomic mass is 16.1. The van der Waals surface area contributed by atoms with Crippen LogP contribution in [0.4, 0.5) is 5.69 Å². The summed E-state index contributed by atoms with van der Waals surface area (Å²) in [6, 6.07) is 0.803. The van der Waals surface area contributed by atoms with E-state index in [0.29, 0.717) is 0 Å². The highest BCUT2D eigenvalue weighted by Gasteiger charge is 2.09. The summed E-state index contributed by atoms with van der Waals surface area (Å²) in [5.41, 5.74) is 10.3. The van der Waals surface area contributed by atoms with Crippen molar-refractivity contribution in [1.29, 1.82) is 0 Å². The Morgan fingerprint density at radius 3 is 2.69 bits per heavy atom. The van der Waals surface area contributed by atoms with E-state index in [1.54, 1.807) is 6.92 Å². The van der Waals surface area contributed by atoms with Crippen molar-refractivity contribution in [3.05, 3.63) is 28.7 Å². The zero-order chi connectivity index (χ0) is 10.0. The molecule has 0 bridgehead atoms. The van der Waals surface area contributed by atoms with Crippen LogP contribution in [0.1, 0.15) is 13.0 Å². The lowest BCUT2D eigenvalue weighted by Gasteiger charge is -2.11. The van der Waals surface area contributed by atoms with Gasteiger partial charge >= 0.3 is 0 Å². The molecule has 0 aromatic carbocycles. The first-order valence-corrected chi connectivity index (χ1v) is 3.79. The Labute approximate surface area is 75.0 Å². The van der Waals surface area contributed by atoms with Gasteiger partial charge in [-0.1, -0.05) is 0 Å². The molecule has 13 heavy (non-hydrogen) atoms. The third-order valence-electron chi connectivity index (χ3n) is 1.83. The second-order valence-electron chi connectivity index (χ2n) is 2.79. The molecular weight excluding hydrogens is 170 g/mol. The molecule has 1 aromatic heterocycles. The lowest BCUT2D eigenvalue weighted by molar-refractivity contribution is -0.120. The minimum absolute atomic E-state index is 0.107. The highest BCUT2D eigenvalue weighted by Crippen LogP contribution is 2.04. The predicted octanol–water partition coefficient (Wildman–Crippen LogP) is -0.523. The molecule has 0 aliphatic carbocycles. The number of nitrogen functional groups attached to an aromatic ring is 1. The van der Waals surface area contributed by atoms with Crippen molar-refractivity contribution in [2.45, 2.75) is 13.0 Å². The van der Waals surface area contributed by atoms with E-state index in [4.69, 9.17) is 11.5 Å². The molecule has 0 spiro atoms. The second kappa shape index (κ2) is 3.30. The molecule has 5 nitrogen and oxygen atoms in total. The Hall–Kier alpha value is -1.78. The van der Waals surface area contributed by atoms with Gasteiger partial charge in [-0.2, -0.15) is 0 Å². The van der Waals surface area contributed by atoms with E-state index in [0.717, 1.165) is 0 Å². The van der Waals surface area contributed by atoms with Gasteiger partial charge in [-0.25, -0.2) is 0 Å². The van der Waals surface area contributed by atoms with E-state index in [1.165, 1.54) is 23.0 Å². The maximum absolute atomic E-state index is 10.9. The van der Waals surface area contributed by atoms with Crippen molar-refractivity contribution in [1.82, 2.24) is 4.57 Å². The van der Waals surface area contributed by atoms with Gasteiger partial charge in [0.1, 0.15) is 6.04 Å². The number of hydrogen-bond donors (Lipinski definition) is 2. The maximum Gasteiger partial charge on any atom is 0.240 e. The average Bonchev–Trinajstić information content (AvgIpc) is 2.08. The lowest BCUT2D eigenvalue weighted by atomic mass is 10.3. The van der Waals surface area contributed by atoms with Crippen LogP contribution >= 0.6 is 0 Å². The molecule has 1 rings (SSSR count). The topological polar surface area (TPSA) is 91.1 Å². The smallest absolute Gasteiger partial charge is 0.240 e. The van der Waals surface area contributed by atoms with Crippen molar-refractivity contribution in [2.24, 2.45) is 5.73 Å². The molecule has 70 valence electrons. The minimum atomic E-state index is -0.497. The monoisotopic (exact) mass is 181 g/mol. The number of rotatable bonds is 2. The van der Waals surface area contributed by atoms with Crippen molar-refractivity contribution >= 4 is 11.6 Å². The summed E-state index contributed by atoms with van der Waals surface area (Å²) >= 11 is 0. The summed E-state index contributed by atoms with van der Waals surface area (Å²) in [4.78, 5) is 21.7. The molecule has 1 aromatic rings. The van der Waals surface area contributed by atoms with Gasteiger partial charge in [0.15, 0.2) is 0 Å². The van der Waals surface area contributed by atoms with Crippen LogP contribution in [0.15, 0.2) is 23.3 Å². The quantitative estimate of drug-likeness (QED) is 0.642. The Bertz CT molecular complexity index is 383. The third kappa shape index (κ3) is 1.87.